The molecule has 0 aliphatic heterocycles. The number of rotatable bonds is 3. The number of hydrogen-bond acceptors (Lipinski definition) is 2. The molecule has 0 aliphatic rings. The summed E-state index contributed by atoms with van der Waals surface area (Å²) in [6.07, 6.45) is 0. The third-order valence-electron chi connectivity index (χ3n) is 4.66. The van der Waals surface area contributed by atoms with Gasteiger partial charge in [-0.15, -0.1) is 0 Å². The normalized spacial score (nSPS) is 11.5. The van der Waals surface area contributed by atoms with Crippen LogP contribution in [0.15, 0.2) is 72.8 Å². The molecule has 0 unspecified atom stereocenters. The van der Waals surface area contributed by atoms with E-state index in [2.05, 4.69) is 67.5 Å². The van der Waals surface area contributed by atoms with Crippen molar-refractivity contribution < 1.29 is 5.11 Å². The number of phenolic OH excluding ortho intramolecular Hbond substituents is 1. The molecule has 0 aliphatic carbocycles. The molecule has 0 saturated heterocycles. The maximum Gasteiger partial charge on any atom is 0.124 e. The fraction of sp³-hybridized carbons (Fsp3) is 0.130. The molecule has 0 saturated carbocycles. The first-order chi connectivity index (χ1) is 12.1. The summed E-state index contributed by atoms with van der Waals surface area (Å²) in [4.78, 5) is 2.16. The van der Waals surface area contributed by atoms with Crippen LogP contribution in [-0.2, 0) is 6.54 Å². The summed E-state index contributed by atoms with van der Waals surface area (Å²) in [7, 11) is 4.14. The van der Waals surface area contributed by atoms with Crippen molar-refractivity contribution in [2.45, 2.75) is 6.54 Å². The lowest BCUT2D eigenvalue weighted by atomic mass is 9.89. The molecule has 0 radical (unpaired) electrons. The van der Waals surface area contributed by atoms with E-state index in [1.54, 1.807) is 6.07 Å². The highest BCUT2D eigenvalue weighted by atomic mass is 16.3. The summed E-state index contributed by atoms with van der Waals surface area (Å²) in [6.45, 7) is 0.822. The van der Waals surface area contributed by atoms with Gasteiger partial charge in [0.2, 0.25) is 0 Å². The second-order valence-corrected chi connectivity index (χ2v) is 6.74. The largest absolute Gasteiger partial charge is 0.507 e. The van der Waals surface area contributed by atoms with E-state index in [9.17, 15) is 5.11 Å². The first kappa shape index (κ1) is 15.7. The third-order valence-corrected chi connectivity index (χ3v) is 4.66. The van der Waals surface area contributed by atoms with Gasteiger partial charge in [-0.3, -0.25) is 0 Å². The number of phenols is 1. The molecule has 25 heavy (non-hydrogen) atoms. The molecule has 124 valence electrons. The summed E-state index contributed by atoms with van der Waals surface area (Å²) in [6, 6.07) is 24.8. The Labute approximate surface area is 148 Å². The maximum atomic E-state index is 10.8. The van der Waals surface area contributed by atoms with Crippen LogP contribution in [0.5, 0.6) is 5.75 Å². The summed E-state index contributed by atoms with van der Waals surface area (Å²) in [5.41, 5.74) is 3.27. The molecule has 2 heteroatoms. The Hall–Kier alpha value is -2.84. The van der Waals surface area contributed by atoms with Crippen LogP contribution in [0.2, 0.25) is 0 Å². The standard InChI is InChI=1S/C23H21NO/c1-24(2)15-18-12-11-16-7-3-5-9-19(16)22(18)23-20-10-6-4-8-17(20)13-14-21(23)25/h3-14,25H,15H2,1-2H3. The third kappa shape index (κ3) is 2.75. The quantitative estimate of drug-likeness (QED) is 0.542. The van der Waals surface area contributed by atoms with Gasteiger partial charge in [-0.25, -0.2) is 0 Å². The van der Waals surface area contributed by atoms with Crippen molar-refractivity contribution in [3.8, 4) is 16.9 Å². The Morgan fingerprint density at radius 2 is 1.24 bits per heavy atom. The second-order valence-electron chi connectivity index (χ2n) is 6.74. The highest BCUT2D eigenvalue weighted by molar-refractivity contribution is 6.08. The van der Waals surface area contributed by atoms with E-state index in [0.717, 1.165) is 28.4 Å². The zero-order valence-corrected chi connectivity index (χ0v) is 14.5. The molecule has 0 bridgehead atoms. The first-order valence-corrected chi connectivity index (χ1v) is 8.51. The first-order valence-electron chi connectivity index (χ1n) is 8.51. The Morgan fingerprint density at radius 3 is 1.88 bits per heavy atom. The van der Waals surface area contributed by atoms with E-state index < -0.39 is 0 Å². The van der Waals surface area contributed by atoms with E-state index >= 15 is 0 Å². The van der Waals surface area contributed by atoms with Crippen LogP contribution < -0.4 is 0 Å². The Balaban J connectivity index is 2.15. The van der Waals surface area contributed by atoms with Crippen LogP contribution in [0.1, 0.15) is 5.56 Å². The summed E-state index contributed by atoms with van der Waals surface area (Å²) < 4.78 is 0. The van der Waals surface area contributed by atoms with Crippen molar-refractivity contribution in [2.75, 3.05) is 14.1 Å². The van der Waals surface area contributed by atoms with Crippen LogP contribution >= 0.6 is 0 Å². The highest BCUT2D eigenvalue weighted by Gasteiger charge is 2.16. The topological polar surface area (TPSA) is 23.5 Å². The van der Waals surface area contributed by atoms with Gasteiger partial charge < -0.3 is 10.0 Å². The van der Waals surface area contributed by atoms with Crippen LogP contribution in [-0.4, -0.2) is 24.1 Å². The van der Waals surface area contributed by atoms with Gasteiger partial charge in [-0.05, 0) is 52.8 Å². The zero-order valence-electron chi connectivity index (χ0n) is 14.5. The number of fused-ring (bicyclic) bond motifs is 2. The lowest BCUT2D eigenvalue weighted by Gasteiger charge is -2.19. The predicted molar refractivity (Wildman–Crippen MR) is 106 cm³/mol. The van der Waals surface area contributed by atoms with Crippen molar-refractivity contribution in [1.82, 2.24) is 4.90 Å². The van der Waals surface area contributed by atoms with Crippen molar-refractivity contribution in [2.24, 2.45) is 0 Å². The zero-order chi connectivity index (χ0) is 17.4. The lowest BCUT2D eigenvalue weighted by molar-refractivity contribution is 0.403. The fourth-order valence-electron chi connectivity index (χ4n) is 3.61. The molecule has 0 atom stereocenters. The van der Waals surface area contributed by atoms with E-state index in [4.69, 9.17) is 0 Å². The van der Waals surface area contributed by atoms with E-state index in [-0.39, 0.29) is 0 Å². The van der Waals surface area contributed by atoms with Crippen LogP contribution in [0.4, 0.5) is 0 Å². The Bertz CT molecular complexity index is 1070. The van der Waals surface area contributed by atoms with Gasteiger partial charge in [0.05, 0.1) is 0 Å². The maximum absolute atomic E-state index is 10.8. The summed E-state index contributed by atoms with van der Waals surface area (Å²) in [5.74, 6) is 0.329. The molecular formula is C23H21NO. The van der Waals surface area contributed by atoms with E-state index in [1.165, 1.54) is 16.3 Å². The number of benzene rings is 4. The summed E-state index contributed by atoms with van der Waals surface area (Å²) >= 11 is 0. The smallest absolute Gasteiger partial charge is 0.124 e. The van der Waals surface area contributed by atoms with E-state index in [1.807, 2.05) is 18.2 Å². The molecular weight excluding hydrogens is 306 g/mol. The van der Waals surface area contributed by atoms with Crippen LogP contribution in [0, 0.1) is 0 Å². The number of aromatic hydroxyl groups is 1. The average molecular weight is 327 g/mol. The molecule has 2 nitrogen and oxygen atoms in total. The molecule has 0 spiro atoms. The van der Waals surface area contributed by atoms with Gasteiger partial charge >= 0.3 is 0 Å². The van der Waals surface area contributed by atoms with Gasteiger partial charge in [0.25, 0.3) is 0 Å². The Kier molecular flexibility index (Phi) is 3.90. The molecule has 0 heterocycles. The van der Waals surface area contributed by atoms with Gasteiger partial charge in [0.15, 0.2) is 0 Å². The highest BCUT2D eigenvalue weighted by Crippen LogP contribution is 2.42. The minimum absolute atomic E-state index is 0.329. The molecule has 0 fully saturated rings. The van der Waals surface area contributed by atoms with Gasteiger partial charge in [0, 0.05) is 12.1 Å². The molecule has 1 N–H and O–H groups in total. The lowest BCUT2D eigenvalue weighted by Crippen LogP contribution is -2.11. The minimum atomic E-state index is 0.329. The fourth-order valence-corrected chi connectivity index (χ4v) is 3.61. The monoisotopic (exact) mass is 327 g/mol. The van der Waals surface area contributed by atoms with E-state index in [0.29, 0.717) is 5.75 Å². The molecule has 4 rings (SSSR count). The van der Waals surface area contributed by atoms with Crippen molar-refractivity contribution in [3.05, 3.63) is 78.4 Å². The van der Waals surface area contributed by atoms with Crippen molar-refractivity contribution in [1.29, 1.82) is 0 Å². The van der Waals surface area contributed by atoms with Crippen LogP contribution in [0.3, 0.4) is 0 Å². The van der Waals surface area contributed by atoms with Gasteiger partial charge in [-0.2, -0.15) is 0 Å². The summed E-state index contributed by atoms with van der Waals surface area (Å²) in [5, 5.41) is 15.3. The second kappa shape index (κ2) is 6.23. The SMILES string of the molecule is CN(C)Cc1ccc2ccccc2c1-c1c(O)ccc2ccccc12. The molecule has 4 aromatic carbocycles. The van der Waals surface area contributed by atoms with Gasteiger partial charge in [-0.1, -0.05) is 66.7 Å². The van der Waals surface area contributed by atoms with Crippen LogP contribution in [0.25, 0.3) is 32.7 Å². The molecule has 0 aromatic heterocycles. The number of nitrogens with zero attached hydrogens (tertiary/aromatic N) is 1. The molecule has 0 amide bonds. The number of hydrogen-bond donors (Lipinski definition) is 1. The van der Waals surface area contributed by atoms with Crippen molar-refractivity contribution >= 4 is 21.5 Å². The average Bonchev–Trinajstić information content (AvgIpc) is 2.62. The minimum Gasteiger partial charge on any atom is -0.507 e. The Morgan fingerprint density at radius 1 is 0.680 bits per heavy atom. The molecule has 4 aromatic rings. The van der Waals surface area contributed by atoms with Gasteiger partial charge in [0.1, 0.15) is 5.75 Å². The predicted octanol–water partition coefficient (Wildman–Crippen LogP) is 5.43. The van der Waals surface area contributed by atoms with Crippen molar-refractivity contribution in [3.63, 3.8) is 0 Å².